The van der Waals surface area contributed by atoms with Crippen LogP contribution in [0.5, 0.6) is 0 Å². The standard InChI is InChI=1S/C11H22N2O3S/c1-11(2,17(4,15)16)10(14)13-7-5-9(12-3)6-8-13/h9,12H,5-8H2,1-4H3. The van der Waals surface area contributed by atoms with E-state index in [9.17, 15) is 13.2 Å². The van der Waals surface area contributed by atoms with Crippen LogP contribution in [-0.2, 0) is 14.6 Å². The first-order valence-electron chi connectivity index (χ1n) is 5.86. The predicted molar refractivity (Wildman–Crippen MR) is 67.6 cm³/mol. The molecule has 1 amide bonds. The van der Waals surface area contributed by atoms with E-state index in [4.69, 9.17) is 0 Å². The molecule has 5 nitrogen and oxygen atoms in total. The zero-order chi connectivity index (χ0) is 13.3. The van der Waals surface area contributed by atoms with Crippen LogP contribution in [-0.4, -0.2) is 56.4 Å². The molecule has 1 aliphatic heterocycles. The van der Waals surface area contributed by atoms with Gasteiger partial charge < -0.3 is 10.2 Å². The van der Waals surface area contributed by atoms with Gasteiger partial charge in [-0.25, -0.2) is 8.42 Å². The van der Waals surface area contributed by atoms with Crippen molar-refractivity contribution in [3.05, 3.63) is 0 Å². The Morgan fingerprint density at radius 1 is 1.29 bits per heavy atom. The highest BCUT2D eigenvalue weighted by Crippen LogP contribution is 2.21. The Hall–Kier alpha value is -0.620. The van der Waals surface area contributed by atoms with E-state index in [2.05, 4.69) is 5.32 Å². The molecule has 0 aromatic carbocycles. The van der Waals surface area contributed by atoms with Crippen LogP contribution in [0.2, 0.25) is 0 Å². The Bertz CT molecular complexity index is 382. The summed E-state index contributed by atoms with van der Waals surface area (Å²) in [6.45, 7) is 4.22. The highest BCUT2D eigenvalue weighted by molar-refractivity contribution is 7.92. The summed E-state index contributed by atoms with van der Waals surface area (Å²) < 4.78 is 21.9. The third-order valence-electron chi connectivity index (χ3n) is 3.63. The first-order chi connectivity index (χ1) is 7.70. The van der Waals surface area contributed by atoms with Gasteiger partial charge in [0, 0.05) is 25.4 Å². The summed E-state index contributed by atoms with van der Waals surface area (Å²) in [5, 5.41) is 3.18. The minimum Gasteiger partial charge on any atom is -0.341 e. The van der Waals surface area contributed by atoms with Crippen molar-refractivity contribution in [2.75, 3.05) is 26.4 Å². The molecule has 1 rings (SSSR count). The molecule has 0 aliphatic carbocycles. The number of likely N-dealkylation sites (tertiary alicyclic amines) is 1. The van der Waals surface area contributed by atoms with Crippen LogP contribution in [0, 0.1) is 0 Å². The summed E-state index contributed by atoms with van der Waals surface area (Å²) in [4.78, 5) is 13.8. The maximum atomic E-state index is 12.2. The summed E-state index contributed by atoms with van der Waals surface area (Å²) >= 11 is 0. The number of hydrogen-bond acceptors (Lipinski definition) is 4. The molecule has 0 unspecified atom stereocenters. The zero-order valence-electron chi connectivity index (χ0n) is 11.0. The summed E-state index contributed by atoms with van der Waals surface area (Å²) in [6.07, 6.45) is 2.87. The van der Waals surface area contributed by atoms with Crippen LogP contribution in [0.25, 0.3) is 0 Å². The number of sulfone groups is 1. The van der Waals surface area contributed by atoms with Crippen LogP contribution in [0.1, 0.15) is 26.7 Å². The Labute approximate surface area is 103 Å². The third-order valence-corrected chi connectivity index (χ3v) is 5.66. The minimum absolute atomic E-state index is 0.283. The van der Waals surface area contributed by atoms with E-state index in [1.807, 2.05) is 7.05 Å². The third kappa shape index (κ3) is 2.98. The number of nitrogens with one attached hydrogen (secondary N) is 1. The quantitative estimate of drug-likeness (QED) is 0.778. The topological polar surface area (TPSA) is 66.5 Å². The Morgan fingerprint density at radius 3 is 2.12 bits per heavy atom. The highest BCUT2D eigenvalue weighted by atomic mass is 32.2. The lowest BCUT2D eigenvalue weighted by Crippen LogP contribution is -2.53. The predicted octanol–water partition coefficient (Wildman–Crippen LogP) is 0.0200. The lowest BCUT2D eigenvalue weighted by molar-refractivity contribution is -0.134. The maximum Gasteiger partial charge on any atom is 0.243 e. The van der Waals surface area contributed by atoms with Crippen LogP contribution in [0.4, 0.5) is 0 Å². The van der Waals surface area contributed by atoms with E-state index in [-0.39, 0.29) is 5.91 Å². The van der Waals surface area contributed by atoms with E-state index in [1.165, 1.54) is 13.8 Å². The molecule has 0 aromatic heterocycles. The molecule has 1 N–H and O–H groups in total. The summed E-state index contributed by atoms with van der Waals surface area (Å²) in [7, 11) is -1.47. The van der Waals surface area contributed by atoms with Crippen LogP contribution >= 0.6 is 0 Å². The molecule has 17 heavy (non-hydrogen) atoms. The van der Waals surface area contributed by atoms with Crippen molar-refractivity contribution in [3.63, 3.8) is 0 Å². The first-order valence-corrected chi connectivity index (χ1v) is 7.75. The van der Waals surface area contributed by atoms with Crippen LogP contribution in [0.3, 0.4) is 0 Å². The smallest absolute Gasteiger partial charge is 0.243 e. The van der Waals surface area contributed by atoms with Crippen molar-refractivity contribution in [3.8, 4) is 0 Å². The first kappa shape index (κ1) is 14.4. The van der Waals surface area contributed by atoms with Crippen molar-refractivity contribution in [2.45, 2.75) is 37.5 Å². The minimum atomic E-state index is -3.38. The van der Waals surface area contributed by atoms with Gasteiger partial charge in [0.15, 0.2) is 9.84 Å². The van der Waals surface area contributed by atoms with E-state index in [1.54, 1.807) is 4.90 Å². The van der Waals surface area contributed by atoms with Gasteiger partial charge in [0.2, 0.25) is 5.91 Å². The van der Waals surface area contributed by atoms with Gasteiger partial charge in [-0.1, -0.05) is 0 Å². The van der Waals surface area contributed by atoms with Gasteiger partial charge >= 0.3 is 0 Å². The molecule has 0 aromatic rings. The number of hydrogen-bond donors (Lipinski definition) is 1. The molecule has 1 heterocycles. The van der Waals surface area contributed by atoms with Gasteiger partial charge in [-0.3, -0.25) is 4.79 Å². The second-order valence-electron chi connectivity index (χ2n) is 5.14. The molecule has 1 fully saturated rings. The van der Waals surface area contributed by atoms with Gasteiger partial charge in [-0.2, -0.15) is 0 Å². The molecule has 0 saturated carbocycles. The Kier molecular flexibility index (Phi) is 4.19. The number of carbonyl (C=O) groups is 1. The Balaban J connectivity index is 2.73. The summed E-state index contributed by atoms with van der Waals surface area (Å²) in [5.74, 6) is -0.283. The lowest BCUT2D eigenvalue weighted by atomic mass is 10.0. The summed E-state index contributed by atoms with van der Waals surface area (Å²) in [6, 6.07) is 0.431. The average Bonchev–Trinajstić information content (AvgIpc) is 2.26. The highest BCUT2D eigenvalue weighted by Gasteiger charge is 2.41. The number of nitrogens with zero attached hydrogens (tertiary/aromatic N) is 1. The SMILES string of the molecule is CNC1CCN(C(=O)C(C)(C)S(C)(=O)=O)CC1. The fourth-order valence-electron chi connectivity index (χ4n) is 1.91. The normalized spacial score (nSPS) is 19.4. The Morgan fingerprint density at radius 2 is 1.76 bits per heavy atom. The fraction of sp³-hybridized carbons (Fsp3) is 0.909. The van der Waals surface area contributed by atoms with Gasteiger partial charge in [0.25, 0.3) is 0 Å². The maximum absolute atomic E-state index is 12.2. The van der Waals surface area contributed by atoms with Crippen molar-refractivity contribution in [1.82, 2.24) is 10.2 Å². The fourth-order valence-corrected chi connectivity index (χ4v) is 2.36. The van der Waals surface area contributed by atoms with Crippen molar-refractivity contribution in [1.29, 1.82) is 0 Å². The van der Waals surface area contributed by atoms with Crippen molar-refractivity contribution < 1.29 is 13.2 Å². The van der Waals surface area contributed by atoms with E-state index >= 15 is 0 Å². The average molecular weight is 262 g/mol. The van der Waals surface area contributed by atoms with Crippen molar-refractivity contribution >= 4 is 15.7 Å². The van der Waals surface area contributed by atoms with E-state index in [0.29, 0.717) is 19.1 Å². The van der Waals surface area contributed by atoms with Gasteiger partial charge in [0.05, 0.1) is 0 Å². The summed E-state index contributed by atoms with van der Waals surface area (Å²) in [5.41, 5.74) is 0. The molecule has 1 saturated heterocycles. The number of piperidine rings is 1. The second kappa shape index (κ2) is 4.94. The second-order valence-corrected chi connectivity index (χ2v) is 7.70. The molecule has 1 aliphatic rings. The van der Waals surface area contributed by atoms with Gasteiger partial charge in [-0.05, 0) is 33.7 Å². The van der Waals surface area contributed by atoms with Gasteiger partial charge in [-0.15, -0.1) is 0 Å². The molecule has 0 bridgehead atoms. The number of rotatable bonds is 3. The number of amides is 1. The van der Waals surface area contributed by atoms with E-state index < -0.39 is 14.6 Å². The molecule has 6 heteroatoms. The molecular weight excluding hydrogens is 240 g/mol. The molecule has 100 valence electrons. The lowest BCUT2D eigenvalue weighted by Gasteiger charge is -2.36. The molecule has 0 atom stereocenters. The molecule has 0 spiro atoms. The van der Waals surface area contributed by atoms with Crippen molar-refractivity contribution in [2.24, 2.45) is 0 Å². The monoisotopic (exact) mass is 262 g/mol. The van der Waals surface area contributed by atoms with Gasteiger partial charge in [0.1, 0.15) is 4.75 Å². The molecular formula is C11H22N2O3S. The van der Waals surface area contributed by atoms with Crippen LogP contribution < -0.4 is 5.32 Å². The van der Waals surface area contributed by atoms with Crippen LogP contribution in [0.15, 0.2) is 0 Å². The molecule has 0 radical (unpaired) electrons. The largest absolute Gasteiger partial charge is 0.341 e. The zero-order valence-corrected chi connectivity index (χ0v) is 11.8. The van der Waals surface area contributed by atoms with E-state index in [0.717, 1.165) is 19.1 Å². The number of carbonyl (C=O) groups excluding carboxylic acids is 1.